The average molecular weight is 398 g/mol. The van der Waals surface area contributed by atoms with Crippen LogP contribution in [0.4, 0.5) is 0 Å². The molecule has 27 heavy (non-hydrogen) atoms. The van der Waals surface area contributed by atoms with Crippen molar-refractivity contribution < 1.29 is 4.42 Å². The lowest BCUT2D eigenvalue weighted by molar-refractivity contribution is 0.573. The van der Waals surface area contributed by atoms with Crippen molar-refractivity contribution in [2.45, 2.75) is 31.7 Å². The van der Waals surface area contributed by atoms with Gasteiger partial charge in [-0.3, -0.25) is 9.36 Å². The second-order valence-corrected chi connectivity index (χ2v) is 8.67. The Morgan fingerprint density at radius 1 is 1.15 bits per heavy atom. The quantitative estimate of drug-likeness (QED) is 0.363. The molecule has 5 nitrogen and oxygen atoms in total. The summed E-state index contributed by atoms with van der Waals surface area (Å²) in [6, 6.07) is 8.07. The lowest BCUT2D eigenvalue weighted by atomic mass is 10.1. The van der Waals surface area contributed by atoms with Gasteiger partial charge in [0, 0.05) is 23.2 Å². The maximum absolute atomic E-state index is 12.7. The fraction of sp³-hybridized carbons (Fsp3) is 0.250. The first-order valence-electron chi connectivity index (χ1n) is 8.55. The Morgan fingerprint density at radius 3 is 2.63 bits per heavy atom. The van der Waals surface area contributed by atoms with Crippen molar-refractivity contribution in [3.8, 4) is 11.5 Å². The summed E-state index contributed by atoms with van der Waals surface area (Å²) in [4.78, 5) is 23.9. The molecule has 0 atom stereocenters. The van der Waals surface area contributed by atoms with Crippen LogP contribution in [0.5, 0.6) is 0 Å². The van der Waals surface area contributed by atoms with Gasteiger partial charge in [-0.25, -0.2) is 9.97 Å². The lowest BCUT2D eigenvalue weighted by Crippen LogP contribution is -2.19. The second-order valence-electron chi connectivity index (χ2n) is 6.52. The normalized spacial score (nSPS) is 11.4. The molecule has 0 spiro atoms. The standard InChI is InChI=1S/C20H19N3O2S2/c1-11-5-7-14(8-6-11)17-21-15(9-25-17)10-26-20-22-18-16(19(24)23(20)4)12(2)13(3)27-18/h5-9H,10H2,1-4H3. The molecule has 0 radical (unpaired) electrons. The number of thioether (sulfide) groups is 1. The van der Waals surface area contributed by atoms with Crippen molar-refractivity contribution >= 4 is 33.3 Å². The molecule has 0 aliphatic rings. The largest absolute Gasteiger partial charge is 0.444 e. The second kappa shape index (κ2) is 6.98. The summed E-state index contributed by atoms with van der Waals surface area (Å²) >= 11 is 3.06. The minimum Gasteiger partial charge on any atom is -0.444 e. The molecule has 0 N–H and O–H groups in total. The van der Waals surface area contributed by atoms with Gasteiger partial charge in [-0.1, -0.05) is 29.5 Å². The van der Waals surface area contributed by atoms with Crippen LogP contribution >= 0.6 is 23.1 Å². The molecule has 138 valence electrons. The molecule has 0 aliphatic heterocycles. The maximum Gasteiger partial charge on any atom is 0.262 e. The first-order valence-corrected chi connectivity index (χ1v) is 10.3. The Balaban J connectivity index is 1.58. The number of thiophene rings is 1. The number of oxazole rings is 1. The third-order valence-corrected chi connectivity index (χ3v) is 6.73. The first kappa shape index (κ1) is 18.0. The first-order chi connectivity index (χ1) is 12.9. The summed E-state index contributed by atoms with van der Waals surface area (Å²) in [5, 5.41) is 1.42. The van der Waals surface area contributed by atoms with Gasteiger partial charge in [0.2, 0.25) is 5.89 Å². The third kappa shape index (κ3) is 3.33. The van der Waals surface area contributed by atoms with Crippen LogP contribution in [0.15, 0.2) is 44.9 Å². The van der Waals surface area contributed by atoms with Gasteiger partial charge < -0.3 is 4.42 Å². The van der Waals surface area contributed by atoms with Crippen LogP contribution in [0.3, 0.4) is 0 Å². The molecule has 0 aliphatic carbocycles. The zero-order valence-electron chi connectivity index (χ0n) is 15.6. The summed E-state index contributed by atoms with van der Waals surface area (Å²) in [6.45, 7) is 6.05. The highest BCUT2D eigenvalue weighted by atomic mass is 32.2. The molecule has 0 bridgehead atoms. The average Bonchev–Trinajstić information content (AvgIpc) is 3.23. The van der Waals surface area contributed by atoms with E-state index < -0.39 is 0 Å². The van der Waals surface area contributed by atoms with E-state index in [9.17, 15) is 4.79 Å². The molecule has 0 unspecified atom stereocenters. The van der Waals surface area contributed by atoms with Gasteiger partial charge in [0.25, 0.3) is 5.56 Å². The molecular weight excluding hydrogens is 378 g/mol. The summed E-state index contributed by atoms with van der Waals surface area (Å²) in [5.41, 5.74) is 4.00. The van der Waals surface area contributed by atoms with Crippen LogP contribution in [0, 0.1) is 20.8 Å². The number of aryl methyl sites for hydroxylation is 3. The van der Waals surface area contributed by atoms with Crippen molar-refractivity contribution in [2.24, 2.45) is 7.05 Å². The van der Waals surface area contributed by atoms with E-state index in [2.05, 4.69) is 4.98 Å². The van der Waals surface area contributed by atoms with Crippen LogP contribution in [0.25, 0.3) is 21.7 Å². The molecule has 3 aromatic heterocycles. The van der Waals surface area contributed by atoms with Crippen molar-refractivity contribution in [1.29, 1.82) is 0 Å². The Kier molecular flexibility index (Phi) is 4.65. The SMILES string of the molecule is Cc1ccc(-c2nc(CSc3nc4sc(C)c(C)c4c(=O)n3C)co2)cc1. The molecule has 7 heteroatoms. The van der Waals surface area contributed by atoms with E-state index in [1.54, 1.807) is 29.2 Å². The Bertz CT molecular complexity index is 1190. The number of aromatic nitrogens is 3. The third-order valence-electron chi connectivity index (χ3n) is 4.57. The van der Waals surface area contributed by atoms with Crippen LogP contribution < -0.4 is 5.56 Å². The maximum atomic E-state index is 12.7. The number of nitrogens with zero attached hydrogens (tertiary/aromatic N) is 3. The summed E-state index contributed by atoms with van der Waals surface area (Å²) in [7, 11) is 1.77. The van der Waals surface area contributed by atoms with Crippen molar-refractivity contribution in [3.05, 3.63) is 62.6 Å². The van der Waals surface area contributed by atoms with Gasteiger partial charge >= 0.3 is 0 Å². The van der Waals surface area contributed by atoms with Gasteiger partial charge in [-0.15, -0.1) is 11.3 Å². The summed E-state index contributed by atoms with van der Waals surface area (Å²) in [5.74, 6) is 1.19. The zero-order chi connectivity index (χ0) is 19.1. The molecule has 0 saturated carbocycles. The number of hydrogen-bond donors (Lipinski definition) is 0. The van der Waals surface area contributed by atoms with Gasteiger partial charge in [-0.2, -0.15) is 0 Å². The van der Waals surface area contributed by atoms with Crippen LogP contribution in [0.2, 0.25) is 0 Å². The highest BCUT2D eigenvalue weighted by molar-refractivity contribution is 7.98. The predicted octanol–water partition coefficient (Wildman–Crippen LogP) is 4.87. The van der Waals surface area contributed by atoms with Gasteiger partial charge in [-0.05, 0) is 38.5 Å². The van der Waals surface area contributed by atoms with Crippen LogP contribution in [0.1, 0.15) is 21.7 Å². The number of fused-ring (bicyclic) bond motifs is 1. The van der Waals surface area contributed by atoms with Gasteiger partial charge in [0.05, 0.1) is 11.1 Å². The number of hydrogen-bond acceptors (Lipinski definition) is 6. The van der Waals surface area contributed by atoms with E-state index in [-0.39, 0.29) is 5.56 Å². The number of benzene rings is 1. The minimum atomic E-state index is 0.00449. The van der Waals surface area contributed by atoms with E-state index in [1.807, 2.05) is 45.0 Å². The van der Waals surface area contributed by atoms with Crippen LogP contribution in [-0.2, 0) is 12.8 Å². The monoisotopic (exact) mass is 397 g/mol. The Hall–Kier alpha value is -2.38. The number of rotatable bonds is 4. The topological polar surface area (TPSA) is 60.9 Å². The van der Waals surface area contributed by atoms with Crippen molar-refractivity contribution in [2.75, 3.05) is 0 Å². The van der Waals surface area contributed by atoms with Gasteiger partial charge in [0.1, 0.15) is 11.1 Å². The molecular formula is C20H19N3O2S2. The van der Waals surface area contributed by atoms with E-state index in [1.165, 1.54) is 17.3 Å². The summed E-state index contributed by atoms with van der Waals surface area (Å²) in [6.07, 6.45) is 1.66. The molecule has 1 aromatic carbocycles. The smallest absolute Gasteiger partial charge is 0.262 e. The minimum absolute atomic E-state index is 0.00449. The van der Waals surface area contributed by atoms with Crippen LogP contribution in [-0.4, -0.2) is 14.5 Å². The highest BCUT2D eigenvalue weighted by Crippen LogP contribution is 2.29. The molecule has 0 saturated heterocycles. The van der Waals surface area contributed by atoms with Crippen molar-refractivity contribution in [1.82, 2.24) is 14.5 Å². The van der Waals surface area contributed by atoms with E-state index in [4.69, 9.17) is 9.40 Å². The zero-order valence-corrected chi connectivity index (χ0v) is 17.2. The lowest BCUT2D eigenvalue weighted by Gasteiger charge is -2.06. The van der Waals surface area contributed by atoms with E-state index in [0.29, 0.717) is 16.8 Å². The summed E-state index contributed by atoms with van der Waals surface area (Å²) < 4.78 is 7.23. The van der Waals surface area contributed by atoms with Crippen molar-refractivity contribution in [3.63, 3.8) is 0 Å². The molecule has 4 aromatic rings. The molecule has 3 heterocycles. The molecule has 0 amide bonds. The van der Waals surface area contributed by atoms with Gasteiger partial charge in [0.15, 0.2) is 5.16 Å². The fourth-order valence-electron chi connectivity index (χ4n) is 2.83. The Labute approximate surface area is 165 Å². The predicted molar refractivity (Wildman–Crippen MR) is 111 cm³/mol. The highest BCUT2D eigenvalue weighted by Gasteiger charge is 2.15. The molecule has 4 rings (SSSR count). The van der Waals surface area contributed by atoms with E-state index in [0.717, 1.165) is 31.9 Å². The van der Waals surface area contributed by atoms with E-state index >= 15 is 0 Å². The fourth-order valence-corrected chi connectivity index (χ4v) is 4.75. The Morgan fingerprint density at radius 2 is 1.89 bits per heavy atom. The molecule has 0 fully saturated rings.